The maximum atomic E-state index is 12.8. The van der Waals surface area contributed by atoms with Gasteiger partial charge in [-0.15, -0.1) is 0 Å². The van der Waals surface area contributed by atoms with Gasteiger partial charge in [0.1, 0.15) is 5.69 Å². The molecule has 1 aromatic heterocycles. The molecule has 0 N–H and O–H groups in total. The van der Waals surface area contributed by atoms with Gasteiger partial charge in [0.25, 0.3) is 5.91 Å². The Morgan fingerprint density at radius 1 is 1.12 bits per heavy atom. The Morgan fingerprint density at radius 3 is 2.50 bits per heavy atom. The Hall–Kier alpha value is -2.51. The molecule has 0 saturated carbocycles. The average molecular weight is 354 g/mol. The van der Waals surface area contributed by atoms with Gasteiger partial charge in [-0.05, 0) is 18.2 Å². The standard InChI is InChI=1S/C19H22N4O3/c1-22(15-5-3-2-4-6-15)18-20-10-7-16(21-18)17(24)23-11-8-19(9-12-23)25-13-14-26-19/h2-7,10H,8-9,11-14H2,1H3. The Bertz CT molecular complexity index is 767. The number of rotatable bonds is 3. The number of anilines is 2. The number of amides is 1. The number of hydrogen-bond donors (Lipinski definition) is 0. The van der Waals surface area contributed by atoms with Crippen molar-refractivity contribution < 1.29 is 14.3 Å². The Morgan fingerprint density at radius 2 is 1.81 bits per heavy atom. The average Bonchev–Trinajstić information content (AvgIpc) is 3.16. The predicted octanol–water partition coefficient (Wildman–Crippen LogP) is 2.22. The maximum absolute atomic E-state index is 12.8. The van der Waals surface area contributed by atoms with Crippen LogP contribution in [0.15, 0.2) is 42.6 Å². The molecule has 1 aromatic carbocycles. The van der Waals surface area contributed by atoms with Crippen molar-refractivity contribution in [2.24, 2.45) is 0 Å². The second kappa shape index (κ2) is 7.01. The van der Waals surface area contributed by atoms with Gasteiger partial charge in [-0.1, -0.05) is 18.2 Å². The van der Waals surface area contributed by atoms with Gasteiger partial charge in [-0.2, -0.15) is 0 Å². The van der Waals surface area contributed by atoms with Gasteiger partial charge in [-0.25, -0.2) is 9.97 Å². The van der Waals surface area contributed by atoms with Crippen LogP contribution in [0.5, 0.6) is 0 Å². The van der Waals surface area contributed by atoms with Crippen LogP contribution in [0.2, 0.25) is 0 Å². The summed E-state index contributed by atoms with van der Waals surface area (Å²) in [7, 11) is 1.89. The number of nitrogens with zero attached hydrogens (tertiary/aromatic N) is 4. The summed E-state index contributed by atoms with van der Waals surface area (Å²) in [4.78, 5) is 25.3. The number of para-hydroxylation sites is 1. The van der Waals surface area contributed by atoms with E-state index >= 15 is 0 Å². The number of benzene rings is 1. The van der Waals surface area contributed by atoms with Crippen molar-refractivity contribution in [2.45, 2.75) is 18.6 Å². The van der Waals surface area contributed by atoms with Crippen molar-refractivity contribution in [1.82, 2.24) is 14.9 Å². The quantitative estimate of drug-likeness (QED) is 0.842. The molecule has 4 rings (SSSR count). The second-order valence-electron chi connectivity index (χ2n) is 6.54. The largest absolute Gasteiger partial charge is 0.347 e. The van der Waals surface area contributed by atoms with Crippen LogP contribution in [-0.4, -0.2) is 59.9 Å². The van der Waals surface area contributed by atoms with Crippen LogP contribution >= 0.6 is 0 Å². The van der Waals surface area contributed by atoms with E-state index in [2.05, 4.69) is 9.97 Å². The van der Waals surface area contributed by atoms with Gasteiger partial charge in [0.15, 0.2) is 5.79 Å². The summed E-state index contributed by atoms with van der Waals surface area (Å²) < 4.78 is 11.4. The molecule has 0 radical (unpaired) electrons. The zero-order valence-electron chi connectivity index (χ0n) is 14.8. The molecule has 26 heavy (non-hydrogen) atoms. The maximum Gasteiger partial charge on any atom is 0.272 e. The zero-order chi connectivity index (χ0) is 18.0. The highest BCUT2D eigenvalue weighted by atomic mass is 16.7. The van der Waals surface area contributed by atoms with Gasteiger partial charge < -0.3 is 19.3 Å². The van der Waals surface area contributed by atoms with Crippen LogP contribution < -0.4 is 4.90 Å². The summed E-state index contributed by atoms with van der Waals surface area (Å²) in [6.07, 6.45) is 3.02. The molecule has 0 unspecified atom stereocenters. The van der Waals surface area contributed by atoms with Crippen LogP contribution in [-0.2, 0) is 9.47 Å². The summed E-state index contributed by atoms with van der Waals surface area (Å²) in [5.74, 6) is -0.0674. The molecule has 7 nitrogen and oxygen atoms in total. The van der Waals surface area contributed by atoms with Crippen molar-refractivity contribution in [1.29, 1.82) is 0 Å². The summed E-state index contributed by atoms with van der Waals surface area (Å²) in [5, 5.41) is 0. The first kappa shape index (κ1) is 16.9. The topological polar surface area (TPSA) is 67.8 Å². The smallest absolute Gasteiger partial charge is 0.272 e. The Kier molecular flexibility index (Phi) is 4.57. The normalized spacial score (nSPS) is 18.9. The zero-order valence-corrected chi connectivity index (χ0v) is 14.8. The first-order chi connectivity index (χ1) is 12.7. The van der Waals surface area contributed by atoms with E-state index < -0.39 is 5.79 Å². The molecule has 0 atom stereocenters. The van der Waals surface area contributed by atoms with Gasteiger partial charge in [0.05, 0.1) is 13.2 Å². The number of carbonyl (C=O) groups excluding carboxylic acids is 1. The van der Waals surface area contributed by atoms with E-state index in [4.69, 9.17) is 9.47 Å². The lowest BCUT2D eigenvalue weighted by atomic mass is 10.0. The van der Waals surface area contributed by atoms with Crippen LogP contribution in [0.3, 0.4) is 0 Å². The van der Waals surface area contributed by atoms with E-state index in [-0.39, 0.29) is 5.91 Å². The number of carbonyl (C=O) groups is 1. The number of piperidine rings is 1. The molecule has 2 aliphatic heterocycles. The molecule has 0 aliphatic carbocycles. The molecule has 1 spiro atoms. The van der Waals surface area contributed by atoms with Crippen LogP contribution in [0.1, 0.15) is 23.3 Å². The molecule has 2 fully saturated rings. The fourth-order valence-corrected chi connectivity index (χ4v) is 3.39. The Labute approximate surface area is 152 Å². The van der Waals surface area contributed by atoms with Gasteiger partial charge in [-0.3, -0.25) is 4.79 Å². The summed E-state index contributed by atoms with van der Waals surface area (Å²) in [6.45, 7) is 2.48. The SMILES string of the molecule is CN(c1ccccc1)c1nccc(C(=O)N2CCC3(CC2)OCCO3)n1. The molecule has 2 saturated heterocycles. The van der Waals surface area contributed by atoms with E-state index in [0.29, 0.717) is 50.8 Å². The van der Waals surface area contributed by atoms with Crippen molar-refractivity contribution in [3.63, 3.8) is 0 Å². The minimum Gasteiger partial charge on any atom is -0.347 e. The molecule has 1 amide bonds. The molecule has 0 bridgehead atoms. The first-order valence-corrected chi connectivity index (χ1v) is 8.86. The lowest BCUT2D eigenvalue weighted by Gasteiger charge is -2.37. The van der Waals surface area contributed by atoms with Crippen LogP contribution in [0.25, 0.3) is 0 Å². The highest BCUT2D eigenvalue weighted by Crippen LogP contribution is 2.31. The van der Waals surface area contributed by atoms with E-state index in [1.807, 2.05) is 47.2 Å². The highest BCUT2D eigenvalue weighted by Gasteiger charge is 2.41. The van der Waals surface area contributed by atoms with Crippen molar-refractivity contribution >= 4 is 17.5 Å². The van der Waals surface area contributed by atoms with E-state index in [1.165, 1.54) is 0 Å². The van der Waals surface area contributed by atoms with Crippen molar-refractivity contribution in [3.05, 3.63) is 48.3 Å². The molecular formula is C19H22N4O3. The summed E-state index contributed by atoms with van der Waals surface area (Å²) in [6, 6.07) is 11.5. The molecule has 2 aromatic rings. The van der Waals surface area contributed by atoms with Crippen LogP contribution in [0, 0.1) is 0 Å². The van der Waals surface area contributed by atoms with Crippen molar-refractivity contribution in [2.75, 3.05) is 38.3 Å². The molecule has 2 aliphatic rings. The third-order valence-corrected chi connectivity index (χ3v) is 4.93. The van der Waals surface area contributed by atoms with E-state index in [1.54, 1.807) is 12.3 Å². The fourth-order valence-electron chi connectivity index (χ4n) is 3.39. The molecular weight excluding hydrogens is 332 g/mol. The van der Waals surface area contributed by atoms with Gasteiger partial charge >= 0.3 is 0 Å². The van der Waals surface area contributed by atoms with Crippen molar-refractivity contribution in [3.8, 4) is 0 Å². The highest BCUT2D eigenvalue weighted by molar-refractivity contribution is 5.92. The first-order valence-electron chi connectivity index (χ1n) is 8.86. The Balaban J connectivity index is 1.47. The number of aromatic nitrogens is 2. The fraction of sp³-hybridized carbons (Fsp3) is 0.421. The number of hydrogen-bond acceptors (Lipinski definition) is 6. The monoisotopic (exact) mass is 354 g/mol. The minimum atomic E-state index is -0.485. The lowest BCUT2D eigenvalue weighted by Crippen LogP contribution is -2.47. The third kappa shape index (κ3) is 3.27. The molecule has 3 heterocycles. The third-order valence-electron chi connectivity index (χ3n) is 4.93. The van der Waals surface area contributed by atoms with E-state index in [9.17, 15) is 4.79 Å². The molecule has 7 heteroatoms. The number of likely N-dealkylation sites (tertiary alicyclic amines) is 1. The summed E-state index contributed by atoms with van der Waals surface area (Å²) >= 11 is 0. The van der Waals surface area contributed by atoms with Gasteiger partial charge in [0, 0.05) is 44.9 Å². The lowest BCUT2D eigenvalue weighted by molar-refractivity contribution is -0.181. The minimum absolute atomic E-state index is 0.0806. The number of ether oxygens (including phenoxy) is 2. The molecule has 136 valence electrons. The van der Waals surface area contributed by atoms with E-state index in [0.717, 1.165) is 5.69 Å². The summed E-state index contributed by atoms with van der Waals surface area (Å²) in [5.41, 5.74) is 1.37. The van der Waals surface area contributed by atoms with Gasteiger partial charge in [0.2, 0.25) is 5.95 Å². The predicted molar refractivity (Wildman–Crippen MR) is 96.3 cm³/mol. The second-order valence-corrected chi connectivity index (χ2v) is 6.54. The van der Waals surface area contributed by atoms with Crippen LogP contribution in [0.4, 0.5) is 11.6 Å².